The number of ether oxygens (including phenoxy) is 2. The van der Waals surface area contributed by atoms with Gasteiger partial charge in [-0.05, 0) is 42.5 Å². The van der Waals surface area contributed by atoms with Gasteiger partial charge in [-0.2, -0.15) is 0 Å². The maximum Gasteiger partial charge on any atom is 0.266 e. The first kappa shape index (κ1) is 17.5. The molecule has 0 aromatic heterocycles. The van der Waals surface area contributed by atoms with Crippen molar-refractivity contribution in [3.8, 4) is 0 Å². The molecule has 2 aromatic rings. The SMILES string of the molecule is Cc1ccc(S(=O)(=O)N2c3ccccc3[C@H](C)[C@H](C)C3OCOC32)cc1. The van der Waals surface area contributed by atoms with Gasteiger partial charge in [-0.25, -0.2) is 12.7 Å². The number of nitrogens with zero attached hydrogens (tertiary/aromatic N) is 1. The molecular formula is C20H23NO4S. The third kappa shape index (κ3) is 2.64. The van der Waals surface area contributed by atoms with Crippen LogP contribution in [0.1, 0.15) is 30.9 Å². The molecule has 26 heavy (non-hydrogen) atoms. The molecule has 2 aliphatic rings. The summed E-state index contributed by atoms with van der Waals surface area (Å²) in [4.78, 5) is 0.259. The number of fused-ring (bicyclic) bond motifs is 2. The Morgan fingerprint density at radius 2 is 1.69 bits per heavy atom. The number of aryl methyl sites for hydroxylation is 1. The molecule has 0 radical (unpaired) electrons. The molecule has 0 aliphatic carbocycles. The molecule has 0 N–H and O–H groups in total. The number of para-hydroxylation sites is 1. The van der Waals surface area contributed by atoms with Gasteiger partial charge in [-0.1, -0.05) is 49.7 Å². The molecule has 1 saturated heterocycles. The number of benzene rings is 2. The van der Waals surface area contributed by atoms with Crippen molar-refractivity contribution >= 4 is 15.7 Å². The highest BCUT2D eigenvalue weighted by atomic mass is 32.2. The molecule has 4 rings (SSSR count). The van der Waals surface area contributed by atoms with E-state index >= 15 is 0 Å². The van der Waals surface area contributed by atoms with Crippen molar-refractivity contribution in [2.45, 2.75) is 43.9 Å². The van der Waals surface area contributed by atoms with Gasteiger partial charge in [0.05, 0.1) is 10.6 Å². The highest BCUT2D eigenvalue weighted by Crippen LogP contribution is 2.45. The van der Waals surface area contributed by atoms with Gasteiger partial charge in [0.15, 0.2) is 6.23 Å². The van der Waals surface area contributed by atoms with Crippen LogP contribution < -0.4 is 4.31 Å². The predicted molar refractivity (Wildman–Crippen MR) is 99.5 cm³/mol. The van der Waals surface area contributed by atoms with Crippen LogP contribution in [0.15, 0.2) is 53.4 Å². The van der Waals surface area contributed by atoms with Crippen LogP contribution in [0.25, 0.3) is 0 Å². The van der Waals surface area contributed by atoms with E-state index in [0.29, 0.717) is 5.69 Å². The normalized spacial score (nSPS) is 28.3. The van der Waals surface area contributed by atoms with E-state index in [0.717, 1.165) is 11.1 Å². The van der Waals surface area contributed by atoms with Gasteiger partial charge in [0, 0.05) is 0 Å². The lowest BCUT2D eigenvalue weighted by molar-refractivity contribution is 0.0259. The molecule has 0 saturated carbocycles. The summed E-state index contributed by atoms with van der Waals surface area (Å²) < 4.78 is 40.1. The molecule has 2 unspecified atom stereocenters. The van der Waals surface area contributed by atoms with E-state index in [1.165, 1.54) is 4.31 Å². The Balaban J connectivity index is 1.92. The molecule has 2 heterocycles. The zero-order chi connectivity index (χ0) is 18.5. The van der Waals surface area contributed by atoms with Crippen LogP contribution in [0.5, 0.6) is 0 Å². The number of hydrogen-bond donors (Lipinski definition) is 0. The fourth-order valence-electron chi connectivity index (χ4n) is 3.85. The van der Waals surface area contributed by atoms with E-state index in [9.17, 15) is 8.42 Å². The maximum absolute atomic E-state index is 13.6. The minimum absolute atomic E-state index is 0.106. The monoisotopic (exact) mass is 373 g/mol. The van der Waals surface area contributed by atoms with Crippen molar-refractivity contribution in [3.63, 3.8) is 0 Å². The van der Waals surface area contributed by atoms with E-state index in [4.69, 9.17) is 9.47 Å². The second-order valence-electron chi connectivity index (χ2n) is 7.13. The second-order valence-corrected chi connectivity index (χ2v) is 8.94. The molecule has 0 amide bonds. The van der Waals surface area contributed by atoms with Crippen molar-refractivity contribution in [1.82, 2.24) is 0 Å². The molecule has 138 valence electrons. The van der Waals surface area contributed by atoms with Crippen molar-refractivity contribution in [2.24, 2.45) is 5.92 Å². The standard InChI is InChI=1S/C20H23NO4S/c1-13-8-10-16(11-9-13)26(22,23)21-18-7-5-4-6-17(18)14(2)15(3)19-20(21)25-12-24-19/h4-11,14-15,19-20H,12H2,1-3H3/t14-,15+,19?,20?/m1/s1. The van der Waals surface area contributed by atoms with Gasteiger partial charge >= 0.3 is 0 Å². The van der Waals surface area contributed by atoms with E-state index < -0.39 is 16.3 Å². The minimum Gasteiger partial charge on any atom is -0.347 e. The third-order valence-electron chi connectivity index (χ3n) is 5.56. The number of hydrogen-bond acceptors (Lipinski definition) is 4. The summed E-state index contributed by atoms with van der Waals surface area (Å²) in [5.74, 6) is 0.278. The third-order valence-corrected chi connectivity index (χ3v) is 7.35. The molecule has 4 atom stereocenters. The van der Waals surface area contributed by atoms with Gasteiger partial charge in [0.25, 0.3) is 10.0 Å². The Kier molecular flexibility index (Phi) is 4.29. The zero-order valence-electron chi connectivity index (χ0n) is 15.1. The van der Waals surface area contributed by atoms with Crippen LogP contribution in [0.3, 0.4) is 0 Å². The van der Waals surface area contributed by atoms with Gasteiger partial charge in [-0.3, -0.25) is 0 Å². The summed E-state index contributed by atoms with van der Waals surface area (Å²) >= 11 is 0. The Morgan fingerprint density at radius 3 is 2.42 bits per heavy atom. The summed E-state index contributed by atoms with van der Waals surface area (Å²) in [6, 6.07) is 14.6. The minimum atomic E-state index is -3.79. The fraction of sp³-hybridized carbons (Fsp3) is 0.400. The van der Waals surface area contributed by atoms with Crippen LogP contribution in [0, 0.1) is 12.8 Å². The molecule has 2 aromatic carbocycles. The summed E-state index contributed by atoms with van der Waals surface area (Å²) in [6.07, 6.45) is -0.972. The van der Waals surface area contributed by atoms with Gasteiger partial charge < -0.3 is 9.47 Å². The van der Waals surface area contributed by atoms with Gasteiger partial charge in [-0.15, -0.1) is 0 Å². The quantitative estimate of drug-likeness (QED) is 0.806. The molecule has 5 nitrogen and oxygen atoms in total. The van der Waals surface area contributed by atoms with E-state index in [2.05, 4.69) is 13.8 Å². The summed E-state index contributed by atoms with van der Waals surface area (Å²) in [6.45, 7) is 6.25. The number of sulfonamides is 1. The molecule has 2 aliphatic heterocycles. The summed E-state index contributed by atoms with van der Waals surface area (Å²) in [5.41, 5.74) is 2.68. The lowest BCUT2D eigenvalue weighted by atomic mass is 9.85. The summed E-state index contributed by atoms with van der Waals surface area (Å²) in [5, 5.41) is 0. The molecular weight excluding hydrogens is 350 g/mol. The van der Waals surface area contributed by atoms with Gasteiger partial charge in [0.2, 0.25) is 0 Å². The summed E-state index contributed by atoms with van der Waals surface area (Å²) in [7, 11) is -3.79. The Labute approximate surface area is 154 Å². The highest BCUT2D eigenvalue weighted by Gasteiger charge is 2.48. The van der Waals surface area contributed by atoms with Crippen LogP contribution in [-0.4, -0.2) is 27.5 Å². The van der Waals surface area contributed by atoms with E-state index in [1.54, 1.807) is 12.1 Å². The first-order valence-corrected chi connectivity index (χ1v) is 10.3. The van der Waals surface area contributed by atoms with E-state index in [-0.39, 0.29) is 29.6 Å². The van der Waals surface area contributed by atoms with Crippen LogP contribution >= 0.6 is 0 Å². The molecule has 0 bridgehead atoms. The Bertz CT molecular complexity index is 910. The Hall–Kier alpha value is -1.89. The average molecular weight is 373 g/mol. The molecule has 6 heteroatoms. The first-order chi connectivity index (χ1) is 12.4. The van der Waals surface area contributed by atoms with Crippen molar-refractivity contribution in [2.75, 3.05) is 11.1 Å². The Morgan fingerprint density at radius 1 is 1.00 bits per heavy atom. The average Bonchev–Trinajstić information content (AvgIpc) is 3.07. The number of anilines is 1. The topological polar surface area (TPSA) is 55.8 Å². The molecule has 0 spiro atoms. The molecule has 1 fully saturated rings. The van der Waals surface area contributed by atoms with E-state index in [1.807, 2.05) is 43.3 Å². The second kappa shape index (κ2) is 6.37. The van der Waals surface area contributed by atoms with Crippen molar-refractivity contribution in [1.29, 1.82) is 0 Å². The fourth-order valence-corrected chi connectivity index (χ4v) is 5.43. The van der Waals surface area contributed by atoms with Crippen molar-refractivity contribution in [3.05, 3.63) is 59.7 Å². The maximum atomic E-state index is 13.6. The predicted octanol–water partition coefficient (Wildman–Crippen LogP) is 3.64. The van der Waals surface area contributed by atoms with Crippen LogP contribution in [0.2, 0.25) is 0 Å². The lowest BCUT2D eigenvalue weighted by Gasteiger charge is -2.31. The van der Waals surface area contributed by atoms with Crippen molar-refractivity contribution < 1.29 is 17.9 Å². The van der Waals surface area contributed by atoms with Crippen LogP contribution in [0.4, 0.5) is 5.69 Å². The van der Waals surface area contributed by atoms with Crippen LogP contribution in [-0.2, 0) is 19.5 Å². The first-order valence-electron chi connectivity index (χ1n) is 8.84. The van der Waals surface area contributed by atoms with Gasteiger partial charge in [0.1, 0.15) is 12.9 Å². The smallest absolute Gasteiger partial charge is 0.266 e. The number of rotatable bonds is 2. The highest BCUT2D eigenvalue weighted by molar-refractivity contribution is 7.92. The zero-order valence-corrected chi connectivity index (χ0v) is 15.9. The lowest BCUT2D eigenvalue weighted by Crippen LogP contribution is -2.46. The largest absolute Gasteiger partial charge is 0.347 e.